The van der Waals surface area contributed by atoms with Crippen molar-refractivity contribution in [3.05, 3.63) is 28.3 Å². The van der Waals surface area contributed by atoms with Gasteiger partial charge in [0.1, 0.15) is 11.4 Å². The number of hydrazine groups is 1. The van der Waals surface area contributed by atoms with Crippen LogP contribution in [0.4, 0.5) is 17.1 Å². The van der Waals surface area contributed by atoms with E-state index >= 15 is 0 Å². The first kappa shape index (κ1) is 15.5. The molecule has 0 aromatic heterocycles. The van der Waals surface area contributed by atoms with Gasteiger partial charge in [-0.05, 0) is 12.1 Å². The zero-order valence-corrected chi connectivity index (χ0v) is 11.9. The summed E-state index contributed by atoms with van der Waals surface area (Å²) in [6, 6.07) is 4.86. The van der Waals surface area contributed by atoms with Crippen molar-refractivity contribution in [3.63, 3.8) is 0 Å². The summed E-state index contributed by atoms with van der Waals surface area (Å²) in [6.45, 7) is 1.29. The van der Waals surface area contributed by atoms with Crippen molar-refractivity contribution in [2.45, 2.75) is 18.4 Å². The maximum absolute atomic E-state index is 11.3. The van der Waals surface area contributed by atoms with E-state index in [2.05, 4.69) is 5.43 Å². The predicted octanol–water partition coefficient (Wildman–Crippen LogP) is 0.858. The van der Waals surface area contributed by atoms with Gasteiger partial charge in [0.25, 0.3) is 0 Å². The number of nitrogen functional groups attached to an aromatic ring is 1. The highest BCUT2D eigenvalue weighted by Gasteiger charge is 2.33. The maximum atomic E-state index is 11.3. The summed E-state index contributed by atoms with van der Waals surface area (Å²) in [5, 5.41) is 21.8. The van der Waals surface area contributed by atoms with E-state index in [-0.39, 0.29) is 11.4 Å². The van der Waals surface area contributed by atoms with Gasteiger partial charge < -0.3 is 20.2 Å². The molecule has 0 spiro atoms. The SMILES string of the molecule is CN(CC1(O)CCOCC1)c1cccc(NN)c1[N+](=O)[O-]. The Morgan fingerprint density at radius 1 is 1.52 bits per heavy atom. The smallest absolute Gasteiger partial charge is 0.316 e. The molecule has 1 aliphatic rings. The molecule has 21 heavy (non-hydrogen) atoms. The molecule has 1 heterocycles. The van der Waals surface area contributed by atoms with Crippen LogP contribution in [0.15, 0.2) is 18.2 Å². The van der Waals surface area contributed by atoms with Crippen LogP contribution in [0.2, 0.25) is 0 Å². The minimum Gasteiger partial charge on any atom is -0.388 e. The van der Waals surface area contributed by atoms with Crippen molar-refractivity contribution >= 4 is 17.1 Å². The molecule has 8 nitrogen and oxygen atoms in total. The van der Waals surface area contributed by atoms with Crippen LogP contribution in [0, 0.1) is 10.1 Å². The maximum Gasteiger partial charge on any atom is 0.316 e. The van der Waals surface area contributed by atoms with Gasteiger partial charge in [0.2, 0.25) is 0 Å². The lowest BCUT2D eigenvalue weighted by molar-refractivity contribution is -0.383. The number of nitro benzene ring substituents is 1. The van der Waals surface area contributed by atoms with E-state index in [4.69, 9.17) is 10.6 Å². The number of likely N-dealkylation sites (N-methyl/N-ethyl adjacent to an activating group) is 1. The number of ether oxygens (including phenoxy) is 1. The number of anilines is 2. The second-order valence-electron chi connectivity index (χ2n) is 5.27. The van der Waals surface area contributed by atoms with Crippen molar-refractivity contribution in [3.8, 4) is 0 Å². The summed E-state index contributed by atoms with van der Waals surface area (Å²) in [5.41, 5.74) is 1.99. The Morgan fingerprint density at radius 2 is 2.19 bits per heavy atom. The fraction of sp³-hybridized carbons (Fsp3) is 0.538. The first-order chi connectivity index (χ1) is 9.97. The number of aliphatic hydroxyl groups is 1. The molecule has 0 radical (unpaired) electrons. The van der Waals surface area contributed by atoms with E-state index in [0.717, 1.165) is 0 Å². The summed E-state index contributed by atoms with van der Waals surface area (Å²) >= 11 is 0. The largest absolute Gasteiger partial charge is 0.388 e. The summed E-state index contributed by atoms with van der Waals surface area (Å²) in [4.78, 5) is 12.5. The fourth-order valence-electron chi connectivity index (χ4n) is 2.58. The molecule has 116 valence electrons. The molecule has 1 fully saturated rings. The van der Waals surface area contributed by atoms with E-state index in [1.165, 1.54) is 0 Å². The zero-order valence-electron chi connectivity index (χ0n) is 11.9. The Hall–Kier alpha value is -1.90. The van der Waals surface area contributed by atoms with Gasteiger partial charge in [0, 0.05) is 39.6 Å². The molecule has 1 aliphatic heterocycles. The lowest BCUT2D eigenvalue weighted by Crippen LogP contribution is -2.45. The number of nitro groups is 1. The Bertz CT molecular complexity index is 517. The molecular weight excluding hydrogens is 276 g/mol. The zero-order chi connectivity index (χ0) is 15.5. The third-order valence-corrected chi connectivity index (χ3v) is 3.72. The molecule has 0 amide bonds. The molecule has 1 aromatic carbocycles. The molecule has 0 bridgehead atoms. The summed E-state index contributed by atoms with van der Waals surface area (Å²) in [6.07, 6.45) is 1.03. The minimum atomic E-state index is -0.896. The van der Waals surface area contributed by atoms with Gasteiger partial charge in [0.05, 0.1) is 10.5 Å². The van der Waals surface area contributed by atoms with E-state index in [1.807, 2.05) is 0 Å². The van der Waals surface area contributed by atoms with E-state index in [0.29, 0.717) is 38.3 Å². The van der Waals surface area contributed by atoms with Crippen LogP contribution in [0.1, 0.15) is 12.8 Å². The number of nitrogens with two attached hydrogens (primary N) is 1. The number of hydrogen-bond donors (Lipinski definition) is 3. The van der Waals surface area contributed by atoms with Gasteiger partial charge in [-0.25, -0.2) is 0 Å². The molecular formula is C13H20N4O4. The number of rotatable bonds is 5. The van der Waals surface area contributed by atoms with Gasteiger partial charge in [-0.2, -0.15) is 0 Å². The first-order valence-corrected chi connectivity index (χ1v) is 6.72. The minimum absolute atomic E-state index is 0.0989. The van der Waals surface area contributed by atoms with Crippen LogP contribution >= 0.6 is 0 Å². The molecule has 4 N–H and O–H groups in total. The Kier molecular flexibility index (Phi) is 4.61. The van der Waals surface area contributed by atoms with Crippen LogP contribution in [0.25, 0.3) is 0 Å². The Labute approximate surface area is 122 Å². The quantitative estimate of drug-likeness (QED) is 0.419. The normalized spacial score (nSPS) is 17.3. The Morgan fingerprint density at radius 3 is 2.76 bits per heavy atom. The van der Waals surface area contributed by atoms with Gasteiger partial charge in [0.15, 0.2) is 0 Å². The molecule has 1 aromatic rings. The lowest BCUT2D eigenvalue weighted by atomic mass is 9.93. The number of para-hydroxylation sites is 1. The fourth-order valence-corrected chi connectivity index (χ4v) is 2.58. The van der Waals surface area contributed by atoms with Gasteiger partial charge >= 0.3 is 5.69 Å². The number of hydrogen-bond acceptors (Lipinski definition) is 7. The van der Waals surface area contributed by atoms with Crippen LogP contribution < -0.4 is 16.2 Å². The molecule has 0 atom stereocenters. The van der Waals surface area contributed by atoms with Crippen molar-refractivity contribution < 1.29 is 14.8 Å². The van der Waals surface area contributed by atoms with Gasteiger partial charge in [-0.1, -0.05) is 6.07 Å². The third kappa shape index (κ3) is 3.41. The van der Waals surface area contributed by atoms with E-state index in [1.54, 1.807) is 30.1 Å². The van der Waals surface area contributed by atoms with E-state index < -0.39 is 10.5 Å². The second-order valence-corrected chi connectivity index (χ2v) is 5.27. The van der Waals surface area contributed by atoms with Crippen LogP contribution in [0.3, 0.4) is 0 Å². The van der Waals surface area contributed by atoms with Crippen molar-refractivity contribution in [1.29, 1.82) is 0 Å². The summed E-state index contributed by atoms with van der Waals surface area (Å²) < 4.78 is 5.24. The summed E-state index contributed by atoms with van der Waals surface area (Å²) in [7, 11) is 1.72. The van der Waals surface area contributed by atoms with Crippen LogP contribution in [-0.2, 0) is 4.74 Å². The van der Waals surface area contributed by atoms with Crippen molar-refractivity contribution in [2.75, 3.05) is 37.1 Å². The first-order valence-electron chi connectivity index (χ1n) is 6.72. The van der Waals surface area contributed by atoms with E-state index in [9.17, 15) is 15.2 Å². The van der Waals surface area contributed by atoms with Gasteiger partial charge in [-0.3, -0.25) is 16.0 Å². The second kappa shape index (κ2) is 6.25. The average Bonchev–Trinajstić information content (AvgIpc) is 2.46. The molecule has 1 saturated heterocycles. The Balaban J connectivity index is 2.26. The molecule has 0 saturated carbocycles. The molecule has 2 rings (SSSR count). The highest BCUT2D eigenvalue weighted by Crippen LogP contribution is 2.35. The predicted molar refractivity (Wildman–Crippen MR) is 79.2 cm³/mol. The van der Waals surface area contributed by atoms with Crippen molar-refractivity contribution in [1.82, 2.24) is 0 Å². The highest BCUT2D eigenvalue weighted by molar-refractivity contribution is 5.76. The standard InChI is InChI=1S/C13H20N4O4/c1-16(9-13(18)5-7-21-8-6-13)11-4-2-3-10(15-14)12(11)17(19)20/h2-4,15,18H,5-9,14H2,1H3. The average molecular weight is 296 g/mol. The molecule has 8 heteroatoms. The van der Waals surface area contributed by atoms with Crippen molar-refractivity contribution in [2.24, 2.45) is 5.84 Å². The topological polar surface area (TPSA) is 114 Å². The number of benzene rings is 1. The number of nitrogens with zero attached hydrogens (tertiary/aromatic N) is 2. The van der Waals surface area contributed by atoms with Gasteiger partial charge in [-0.15, -0.1) is 0 Å². The summed E-state index contributed by atoms with van der Waals surface area (Å²) in [5.74, 6) is 5.33. The third-order valence-electron chi connectivity index (χ3n) is 3.72. The molecule has 0 unspecified atom stereocenters. The highest BCUT2D eigenvalue weighted by atomic mass is 16.6. The van der Waals surface area contributed by atoms with Crippen LogP contribution in [0.5, 0.6) is 0 Å². The monoisotopic (exact) mass is 296 g/mol. The molecule has 0 aliphatic carbocycles. The lowest BCUT2D eigenvalue weighted by Gasteiger charge is -2.36. The number of nitrogens with one attached hydrogen (secondary N) is 1. The van der Waals surface area contributed by atoms with Crippen LogP contribution in [-0.4, -0.2) is 42.4 Å².